The molecule has 0 saturated heterocycles. The minimum atomic E-state index is -0.559. The molecular formula is C29H34N6O5S. The van der Waals surface area contributed by atoms with E-state index in [-0.39, 0.29) is 0 Å². The van der Waals surface area contributed by atoms with Crippen molar-refractivity contribution >= 4 is 34.8 Å². The van der Waals surface area contributed by atoms with Gasteiger partial charge in [0.25, 0.3) is 0 Å². The number of nitrogens with zero attached hydrogens (tertiary/aromatic N) is 4. The number of rotatable bonds is 12. The topological polar surface area (TPSA) is 136 Å². The Bertz CT molecular complexity index is 1530. The van der Waals surface area contributed by atoms with Crippen molar-refractivity contribution in [1.82, 2.24) is 20.3 Å². The van der Waals surface area contributed by atoms with E-state index in [1.165, 1.54) is 11.9 Å². The molecule has 41 heavy (non-hydrogen) atoms. The summed E-state index contributed by atoms with van der Waals surface area (Å²) in [6.45, 7) is 8.63. The second-order valence-corrected chi connectivity index (χ2v) is 11.0. The summed E-state index contributed by atoms with van der Waals surface area (Å²) >= 11 is 1.36. The van der Waals surface area contributed by atoms with Crippen LogP contribution in [-0.2, 0) is 24.2 Å². The van der Waals surface area contributed by atoms with Gasteiger partial charge in [0.15, 0.2) is 11.4 Å². The summed E-state index contributed by atoms with van der Waals surface area (Å²) in [4.78, 5) is 12.8. The van der Waals surface area contributed by atoms with Crippen LogP contribution in [0.15, 0.2) is 52.1 Å². The Kier molecular flexibility index (Phi) is 9.62. The number of nitriles is 1. The van der Waals surface area contributed by atoms with E-state index in [0.717, 1.165) is 28.0 Å². The van der Waals surface area contributed by atoms with E-state index in [9.17, 15) is 4.79 Å². The van der Waals surface area contributed by atoms with E-state index in [0.29, 0.717) is 54.4 Å². The Morgan fingerprint density at radius 2 is 2.00 bits per heavy atom. The van der Waals surface area contributed by atoms with E-state index in [4.69, 9.17) is 24.0 Å². The van der Waals surface area contributed by atoms with Crippen LogP contribution in [-0.4, -0.2) is 40.3 Å². The van der Waals surface area contributed by atoms with E-state index in [1.807, 2.05) is 51.2 Å². The van der Waals surface area contributed by atoms with Gasteiger partial charge in [0.2, 0.25) is 0 Å². The van der Waals surface area contributed by atoms with Crippen LogP contribution in [0.3, 0.4) is 0 Å². The zero-order valence-corrected chi connectivity index (χ0v) is 24.6. The van der Waals surface area contributed by atoms with Crippen LogP contribution >= 0.6 is 11.9 Å². The molecule has 0 atom stereocenters. The third-order valence-electron chi connectivity index (χ3n) is 5.83. The molecule has 12 heteroatoms. The van der Waals surface area contributed by atoms with Crippen molar-refractivity contribution in [3.05, 3.63) is 59.4 Å². The van der Waals surface area contributed by atoms with Crippen molar-refractivity contribution in [2.45, 2.75) is 64.1 Å². The van der Waals surface area contributed by atoms with Gasteiger partial charge < -0.3 is 28.8 Å². The molecular weight excluding hydrogens is 544 g/mol. The van der Waals surface area contributed by atoms with Gasteiger partial charge in [0.05, 0.1) is 37.2 Å². The van der Waals surface area contributed by atoms with Crippen LogP contribution in [0.2, 0.25) is 0 Å². The number of amides is 1. The van der Waals surface area contributed by atoms with Gasteiger partial charge in [-0.1, -0.05) is 18.1 Å². The van der Waals surface area contributed by atoms with Crippen LogP contribution in [0, 0.1) is 11.3 Å². The number of alkyl carbamates (subject to hydrolysis) is 1. The Morgan fingerprint density at radius 1 is 1.17 bits per heavy atom. The lowest BCUT2D eigenvalue weighted by Crippen LogP contribution is -2.32. The van der Waals surface area contributed by atoms with Crippen molar-refractivity contribution in [2.75, 3.05) is 18.4 Å². The van der Waals surface area contributed by atoms with Gasteiger partial charge >= 0.3 is 6.09 Å². The second-order valence-electron chi connectivity index (χ2n) is 10.2. The average molecular weight is 579 g/mol. The first-order valence-electron chi connectivity index (χ1n) is 13.2. The van der Waals surface area contributed by atoms with Crippen molar-refractivity contribution < 1.29 is 23.5 Å². The molecule has 0 saturated carbocycles. The Hall–Kier alpha value is -4.37. The highest BCUT2D eigenvalue weighted by molar-refractivity contribution is 8.00. The largest absolute Gasteiger partial charge is 0.496 e. The molecule has 0 spiro atoms. The predicted octanol–water partition coefficient (Wildman–Crippen LogP) is 6.08. The van der Waals surface area contributed by atoms with Crippen LogP contribution < -0.4 is 19.5 Å². The second kappa shape index (κ2) is 13.3. The zero-order chi connectivity index (χ0) is 29.4. The summed E-state index contributed by atoms with van der Waals surface area (Å²) in [7, 11) is 1.60. The molecule has 4 aromatic rings. The summed E-state index contributed by atoms with van der Waals surface area (Å²) in [6, 6.07) is 11.9. The van der Waals surface area contributed by atoms with Crippen molar-refractivity contribution in [1.29, 1.82) is 5.26 Å². The summed E-state index contributed by atoms with van der Waals surface area (Å²) in [5, 5.41) is 20.9. The predicted molar refractivity (Wildman–Crippen MR) is 156 cm³/mol. The van der Waals surface area contributed by atoms with E-state index in [2.05, 4.69) is 39.4 Å². The van der Waals surface area contributed by atoms with Crippen LogP contribution in [0.4, 0.5) is 10.6 Å². The first-order chi connectivity index (χ1) is 19.7. The molecule has 4 rings (SSSR count). The van der Waals surface area contributed by atoms with Gasteiger partial charge in [-0.3, -0.25) is 4.68 Å². The van der Waals surface area contributed by atoms with Gasteiger partial charge in [-0.05, 0) is 74.5 Å². The SMILES string of the molecule is CCc1ccc(OCCC#N)c(SNc2noc3cc(Cn4cc(CNC(=O)OC(C)(C)C)cn4)cc(OC)c23)c1. The molecule has 0 aliphatic heterocycles. The van der Waals surface area contributed by atoms with Gasteiger partial charge in [0, 0.05) is 18.3 Å². The maximum atomic E-state index is 11.9. The molecule has 0 aliphatic carbocycles. The molecule has 2 aromatic carbocycles. The molecule has 0 aliphatic rings. The van der Waals surface area contributed by atoms with E-state index in [1.54, 1.807) is 18.0 Å². The van der Waals surface area contributed by atoms with Crippen molar-refractivity contribution in [3.63, 3.8) is 0 Å². The maximum absolute atomic E-state index is 11.9. The summed E-state index contributed by atoms with van der Waals surface area (Å²) < 4.78 is 27.5. The third-order valence-corrected chi connectivity index (χ3v) is 6.66. The molecule has 2 heterocycles. The molecule has 11 nitrogen and oxygen atoms in total. The number of carbonyl (C=O) groups is 1. The molecule has 0 unspecified atom stereocenters. The molecule has 0 radical (unpaired) electrons. The number of fused-ring (bicyclic) bond motifs is 1. The molecule has 0 fully saturated rings. The standard InChI is InChI=1S/C29H34N6O5S/c1-6-19-8-9-22(38-11-7-10-30)25(14-19)41-34-27-26-23(37-5)12-20(13-24(26)40-33-27)17-35-18-21(16-32-35)15-31-28(36)39-29(2,3)4/h8-9,12-14,16,18H,6-7,11,15,17H2,1-5H3,(H,31,36)(H,33,34). The minimum absolute atomic E-state index is 0.304. The average Bonchev–Trinajstić information content (AvgIpc) is 3.56. The number of carbonyl (C=O) groups excluding carboxylic acids is 1. The van der Waals surface area contributed by atoms with Crippen molar-refractivity contribution in [2.24, 2.45) is 0 Å². The number of nitrogens with one attached hydrogen (secondary N) is 2. The number of ether oxygens (including phenoxy) is 3. The highest BCUT2D eigenvalue weighted by Crippen LogP contribution is 2.38. The monoisotopic (exact) mass is 578 g/mol. The van der Waals surface area contributed by atoms with Crippen LogP contribution in [0.5, 0.6) is 11.5 Å². The van der Waals surface area contributed by atoms with Gasteiger partial charge in [-0.2, -0.15) is 10.4 Å². The number of aromatic nitrogens is 3. The highest BCUT2D eigenvalue weighted by atomic mass is 32.2. The molecule has 1 amide bonds. The first-order valence-corrected chi connectivity index (χ1v) is 14.0. The molecule has 216 valence electrons. The fraction of sp³-hybridized carbons (Fsp3) is 0.379. The Labute approximate surface area is 243 Å². The van der Waals surface area contributed by atoms with Gasteiger partial charge in [-0.15, -0.1) is 0 Å². The Morgan fingerprint density at radius 3 is 2.73 bits per heavy atom. The lowest BCUT2D eigenvalue weighted by atomic mass is 10.1. The fourth-order valence-electron chi connectivity index (χ4n) is 3.95. The van der Waals surface area contributed by atoms with E-state index < -0.39 is 11.7 Å². The van der Waals surface area contributed by atoms with Crippen LogP contribution in [0.1, 0.15) is 50.8 Å². The highest BCUT2D eigenvalue weighted by Gasteiger charge is 2.18. The first kappa shape index (κ1) is 29.6. The smallest absolute Gasteiger partial charge is 0.407 e. The Balaban J connectivity index is 1.46. The number of aryl methyl sites for hydroxylation is 1. The third kappa shape index (κ3) is 8.08. The molecule has 2 aromatic heterocycles. The number of benzene rings is 2. The number of hydrogen-bond acceptors (Lipinski definition) is 10. The number of hydrogen-bond donors (Lipinski definition) is 2. The van der Waals surface area contributed by atoms with Crippen LogP contribution in [0.25, 0.3) is 11.0 Å². The fourth-order valence-corrected chi connectivity index (χ4v) is 4.74. The minimum Gasteiger partial charge on any atom is -0.496 e. The zero-order valence-electron chi connectivity index (χ0n) is 23.8. The van der Waals surface area contributed by atoms with Gasteiger partial charge in [-0.25, -0.2) is 4.79 Å². The molecule has 0 bridgehead atoms. The van der Waals surface area contributed by atoms with E-state index >= 15 is 0 Å². The molecule has 2 N–H and O–H groups in total. The van der Waals surface area contributed by atoms with Gasteiger partial charge in [0.1, 0.15) is 29.1 Å². The number of anilines is 1. The normalized spacial score (nSPS) is 11.2. The maximum Gasteiger partial charge on any atom is 0.407 e. The summed E-state index contributed by atoms with van der Waals surface area (Å²) in [5.41, 5.74) is 2.92. The quantitative estimate of drug-likeness (QED) is 0.150. The summed E-state index contributed by atoms with van der Waals surface area (Å²) in [5.74, 6) is 1.82. The lowest BCUT2D eigenvalue weighted by Gasteiger charge is -2.19. The number of methoxy groups -OCH3 is 1. The lowest BCUT2D eigenvalue weighted by molar-refractivity contribution is 0.0523. The summed E-state index contributed by atoms with van der Waals surface area (Å²) in [6.07, 6.45) is 4.27. The van der Waals surface area contributed by atoms with Crippen molar-refractivity contribution in [3.8, 4) is 17.6 Å².